The molecule has 2 heteroatoms. The molecule has 2 aromatic rings. The van der Waals surface area contributed by atoms with Gasteiger partial charge in [0.1, 0.15) is 5.75 Å². The van der Waals surface area contributed by atoms with Gasteiger partial charge < -0.3 is 10.5 Å². The predicted molar refractivity (Wildman–Crippen MR) is 79.1 cm³/mol. The van der Waals surface area contributed by atoms with Gasteiger partial charge in [-0.15, -0.1) is 0 Å². The molecule has 0 heterocycles. The molecule has 0 bridgehead atoms. The van der Waals surface area contributed by atoms with E-state index in [-0.39, 0.29) is 5.54 Å². The van der Waals surface area contributed by atoms with Crippen molar-refractivity contribution in [2.45, 2.75) is 26.3 Å². The molecule has 0 atom stereocenters. The second kappa shape index (κ2) is 5.45. The van der Waals surface area contributed by atoms with Gasteiger partial charge in [-0.3, -0.25) is 0 Å². The highest BCUT2D eigenvalue weighted by atomic mass is 16.5. The van der Waals surface area contributed by atoms with E-state index in [1.807, 2.05) is 39.0 Å². The minimum absolute atomic E-state index is 0.302. The van der Waals surface area contributed by atoms with E-state index >= 15 is 0 Å². The monoisotopic (exact) mass is 254 g/mol. The molecule has 2 nitrogen and oxygen atoms in total. The van der Waals surface area contributed by atoms with Crippen LogP contribution in [0, 0.1) is 6.07 Å². The Hall–Kier alpha value is -1.80. The first-order chi connectivity index (χ1) is 9.00. The van der Waals surface area contributed by atoms with E-state index in [4.69, 9.17) is 10.5 Å². The van der Waals surface area contributed by atoms with Gasteiger partial charge in [-0.05, 0) is 49.6 Å². The lowest BCUT2D eigenvalue weighted by atomic mass is 9.93. The average Bonchev–Trinajstić information content (AvgIpc) is 2.39. The Morgan fingerprint density at radius 2 is 1.68 bits per heavy atom. The second-order valence-electron chi connectivity index (χ2n) is 5.17. The fraction of sp³-hybridized carbons (Fsp3) is 0.294. The van der Waals surface area contributed by atoms with Gasteiger partial charge in [0.05, 0.1) is 6.61 Å². The largest absolute Gasteiger partial charge is 0.493 e. The van der Waals surface area contributed by atoms with Crippen LogP contribution >= 0.6 is 0 Å². The number of benzene rings is 2. The zero-order valence-electron chi connectivity index (χ0n) is 11.7. The number of hydrogen-bond donors (Lipinski definition) is 1. The zero-order chi connectivity index (χ0) is 13.9. The van der Waals surface area contributed by atoms with Crippen LogP contribution in [-0.4, -0.2) is 6.61 Å². The molecule has 0 aromatic heterocycles. The van der Waals surface area contributed by atoms with Gasteiger partial charge in [-0.2, -0.15) is 0 Å². The van der Waals surface area contributed by atoms with E-state index in [0.717, 1.165) is 22.4 Å². The molecule has 0 saturated carbocycles. The fourth-order valence-corrected chi connectivity index (χ4v) is 1.93. The molecule has 2 aromatic carbocycles. The first kappa shape index (κ1) is 13.6. The lowest BCUT2D eigenvalue weighted by Crippen LogP contribution is -2.28. The Balaban J connectivity index is 2.22. The molecule has 99 valence electrons. The van der Waals surface area contributed by atoms with Crippen molar-refractivity contribution in [2.24, 2.45) is 5.73 Å². The summed E-state index contributed by atoms with van der Waals surface area (Å²) < 4.78 is 5.39. The van der Waals surface area contributed by atoms with Gasteiger partial charge in [-0.1, -0.05) is 30.3 Å². The Labute approximate surface area is 115 Å². The van der Waals surface area contributed by atoms with Crippen LogP contribution in [0.3, 0.4) is 0 Å². The second-order valence-corrected chi connectivity index (χ2v) is 5.17. The summed E-state index contributed by atoms with van der Waals surface area (Å²) in [7, 11) is 0. The lowest BCUT2D eigenvalue weighted by Gasteiger charge is -2.19. The van der Waals surface area contributed by atoms with Gasteiger partial charge in [0, 0.05) is 11.6 Å². The smallest absolute Gasteiger partial charge is 0.127 e. The van der Waals surface area contributed by atoms with Crippen LogP contribution in [0.1, 0.15) is 26.3 Å². The molecule has 0 amide bonds. The molecule has 0 saturated heterocycles. The summed E-state index contributed by atoms with van der Waals surface area (Å²) in [5.41, 5.74) is 9.19. The minimum Gasteiger partial charge on any atom is -0.493 e. The minimum atomic E-state index is -0.302. The Morgan fingerprint density at radius 1 is 1.05 bits per heavy atom. The van der Waals surface area contributed by atoms with Gasteiger partial charge in [0.2, 0.25) is 0 Å². The van der Waals surface area contributed by atoms with Gasteiger partial charge in [0.25, 0.3) is 0 Å². The summed E-state index contributed by atoms with van der Waals surface area (Å²) in [4.78, 5) is 0. The summed E-state index contributed by atoms with van der Waals surface area (Å²) in [6.45, 7) is 6.64. The molecule has 0 aliphatic carbocycles. The highest BCUT2D eigenvalue weighted by Crippen LogP contribution is 2.25. The van der Waals surface area contributed by atoms with Crippen LogP contribution in [0.5, 0.6) is 5.75 Å². The first-order valence-corrected chi connectivity index (χ1v) is 6.55. The highest BCUT2D eigenvalue weighted by molar-refractivity contribution is 5.64. The third-order valence-corrected chi connectivity index (χ3v) is 3.05. The SMILES string of the molecule is CCOc1[c]cc(-c2ccc(C(C)(C)N)cc2)cc1. The Morgan fingerprint density at radius 3 is 2.16 bits per heavy atom. The van der Waals surface area contributed by atoms with Crippen molar-refractivity contribution in [3.8, 4) is 16.9 Å². The van der Waals surface area contributed by atoms with Crippen molar-refractivity contribution >= 4 is 0 Å². The van der Waals surface area contributed by atoms with Gasteiger partial charge >= 0.3 is 0 Å². The molecule has 1 radical (unpaired) electrons. The predicted octanol–water partition coefficient (Wildman–Crippen LogP) is 3.75. The van der Waals surface area contributed by atoms with E-state index in [1.165, 1.54) is 0 Å². The summed E-state index contributed by atoms with van der Waals surface area (Å²) in [6, 6.07) is 17.4. The Bertz CT molecular complexity index is 521. The number of nitrogens with two attached hydrogens (primary N) is 1. The number of ether oxygens (including phenoxy) is 1. The van der Waals surface area contributed by atoms with Crippen LogP contribution in [0.15, 0.2) is 42.5 Å². The maximum atomic E-state index is 6.08. The zero-order valence-corrected chi connectivity index (χ0v) is 11.7. The molecule has 2 rings (SSSR count). The summed E-state index contributed by atoms with van der Waals surface area (Å²) >= 11 is 0. The summed E-state index contributed by atoms with van der Waals surface area (Å²) in [5, 5.41) is 0. The molecular formula is C17H20NO. The fourth-order valence-electron chi connectivity index (χ4n) is 1.93. The molecule has 0 spiro atoms. The molecule has 2 N–H and O–H groups in total. The van der Waals surface area contributed by atoms with Crippen LogP contribution in [0.25, 0.3) is 11.1 Å². The van der Waals surface area contributed by atoms with Crippen molar-refractivity contribution in [3.05, 3.63) is 54.1 Å². The average molecular weight is 254 g/mol. The maximum Gasteiger partial charge on any atom is 0.127 e. The molecular weight excluding hydrogens is 234 g/mol. The van der Waals surface area contributed by atoms with E-state index in [1.54, 1.807) is 0 Å². The standard InChI is InChI=1S/C17H20NO/c1-4-19-16-11-7-14(8-12-16)13-5-9-15(10-6-13)17(2,3)18/h5-11H,4,18H2,1-3H3. The summed E-state index contributed by atoms with van der Waals surface area (Å²) in [6.07, 6.45) is 0. The van der Waals surface area contributed by atoms with Gasteiger partial charge in [0.15, 0.2) is 0 Å². The van der Waals surface area contributed by atoms with Crippen LogP contribution in [0.4, 0.5) is 0 Å². The molecule has 0 fully saturated rings. The van der Waals surface area contributed by atoms with Crippen molar-refractivity contribution in [2.75, 3.05) is 6.61 Å². The van der Waals surface area contributed by atoms with Crippen molar-refractivity contribution in [1.82, 2.24) is 0 Å². The third-order valence-electron chi connectivity index (χ3n) is 3.05. The Kier molecular flexibility index (Phi) is 3.91. The van der Waals surface area contributed by atoms with Crippen LogP contribution < -0.4 is 10.5 Å². The van der Waals surface area contributed by atoms with E-state index in [0.29, 0.717) is 6.61 Å². The molecule has 0 unspecified atom stereocenters. The number of hydrogen-bond acceptors (Lipinski definition) is 2. The molecule has 19 heavy (non-hydrogen) atoms. The van der Waals surface area contributed by atoms with Crippen LogP contribution in [-0.2, 0) is 5.54 Å². The van der Waals surface area contributed by atoms with Crippen molar-refractivity contribution < 1.29 is 4.74 Å². The van der Waals surface area contributed by atoms with Crippen molar-refractivity contribution in [1.29, 1.82) is 0 Å². The topological polar surface area (TPSA) is 35.2 Å². The highest BCUT2D eigenvalue weighted by Gasteiger charge is 2.13. The number of rotatable bonds is 4. The third kappa shape index (κ3) is 3.36. The summed E-state index contributed by atoms with van der Waals surface area (Å²) in [5.74, 6) is 0.783. The maximum absolute atomic E-state index is 6.08. The van der Waals surface area contributed by atoms with E-state index in [2.05, 4.69) is 30.3 Å². The molecule has 0 aliphatic heterocycles. The van der Waals surface area contributed by atoms with Crippen LogP contribution in [0.2, 0.25) is 0 Å². The van der Waals surface area contributed by atoms with Gasteiger partial charge in [-0.25, -0.2) is 0 Å². The molecule has 0 aliphatic rings. The van der Waals surface area contributed by atoms with Crippen molar-refractivity contribution in [3.63, 3.8) is 0 Å². The van der Waals surface area contributed by atoms with E-state index in [9.17, 15) is 0 Å². The lowest BCUT2D eigenvalue weighted by molar-refractivity contribution is 0.339. The van der Waals surface area contributed by atoms with E-state index < -0.39 is 0 Å². The quantitative estimate of drug-likeness (QED) is 0.902. The first-order valence-electron chi connectivity index (χ1n) is 6.55. The normalized spacial score (nSPS) is 11.4.